The number of carbonyl (C=O) groups is 1. The molecule has 1 N–H and O–H groups in total. The lowest BCUT2D eigenvalue weighted by Crippen LogP contribution is -2.37. The molecule has 0 saturated carbocycles. The first kappa shape index (κ1) is 16.2. The lowest BCUT2D eigenvalue weighted by Gasteiger charge is -2.11. The third kappa shape index (κ3) is 3.05. The molecule has 1 aliphatic heterocycles. The van der Waals surface area contributed by atoms with Gasteiger partial charge in [0.1, 0.15) is 6.54 Å². The molecule has 1 amide bonds. The summed E-state index contributed by atoms with van der Waals surface area (Å²) in [6, 6.07) is 7.81. The standard InChI is InChI=1S/C18H19N3O3S/c1-11-17-16(13-6-2-3-7-14(13)25-17)18(23)21(20-11)10-15(22)19-9-12-5-4-8-24-12/h2-3,6-7,12H,4-5,8-10H2,1H3,(H,19,22). The number of amides is 1. The first-order valence-corrected chi connectivity index (χ1v) is 9.22. The molecule has 1 aliphatic rings. The van der Waals surface area contributed by atoms with Crippen molar-refractivity contribution in [3.8, 4) is 0 Å². The summed E-state index contributed by atoms with van der Waals surface area (Å²) in [4.78, 5) is 25.1. The van der Waals surface area contributed by atoms with E-state index in [1.807, 2.05) is 31.2 Å². The van der Waals surface area contributed by atoms with Crippen molar-refractivity contribution in [2.24, 2.45) is 0 Å². The second-order valence-corrected chi connectivity index (χ2v) is 7.34. The van der Waals surface area contributed by atoms with Gasteiger partial charge < -0.3 is 10.1 Å². The number of aryl methyl sites for hydroxylation is 1. The third-order valence-corrected chi connectivity index (χ3v) is 5.77. The average molecular weight is 357 g/mol. The number of benzene rings is 1. The molecule has 25 heavy (non-hydrogen) atoms. The topological polar surface area (TPSA) is 73.2 Å². The highest BCUT2D eigenvalue weighted by Gasteiger charge is 2.18. The number of thiophene rings is 1. The summed E-state index contributed by atoms with van der Waals surface area (Å²) >= 11 is 1.56. The molecule has 130 valence electrons. The molecular weight excluding hydrogens is 338 g/mol. The Labute approximate surface area is 148 Å². The fourth-order valence-electron chi connectivity index (χ4n) is 3.25. The van der Waals surface area contributed by atoms with E-state index in [4.69, 9.17) is 4.74 Å². The van der Waals surface area contributed by atoms with Gasteiger partial charge in [-0.1, -0.05) is 18.2 Å². The van der Waals surface area contributed by atoms with Crippen LogP contribution in [0.4, 0.5) is 0 Å². The minimum atomic E-state index is -0.219. The molecule has 0 bridgehead atoms. The largest absolute Gasteiger partial charge is 0.376 e. The smallest absolute Gasteiger partial charge is 0.276 e. The second kappa shape index (κ2) is 6.57. The van der Waals surface area contributed by atoms with Crippen molar-refractivity contribution in [3.63, 3.8) is 0 Å². The van der Waals surface area contributed by atoms with E-state index in [1.165, 1.54) is 4.68 Å². The van der Waals surface area contributed by atoms with Gasteiger partial charge in [0.05, 0.1) is 21.9 Å². The number of ether oxygens (including phenoxy) is 1. The second-order valence-electron chi connectivity index (χ2n) is 6.29. The number of aromatic nitrogens is 2. The Bertz CT molecular complexity index is 1000. The molecule has 0 radical (unpaired) electrons. The Kier molecular flexibility index (Phi) is 4.27. The Morgan fingerprint density at radius 2 is 2.28 bits per heavy atom. The minimum absolute atomic E-state index is 0.0769. The van der Waals surface area contributed by atoms with E-state index in [-0.39, 0.29) is 24.1 Å². The molecule has 6 nitrogen and oxygen atoms in total. The molecule has 1 saturated heterocycles. The normalized spacial score (nSPS) is 17.4. The Morgan fingerprint density at radius 3 is 3.08 bits per heavy atom. The van der Waals surface area contributed by atoms with Gasteiger partial charge in [0, 0.05) is 23.2 Å². The highest BCUT2D eigenvalue weighted by Crippen LogP contribution is 2.32. The van der Waals surface area contributed by atoms with Crippen LogP contribution in [-0.4, -0.2) is 34.9 Å². The predicted octanol–water partition coefficient (Wildman–Crippen LogP) is 2.21. The molecule has 1 aromatic carbocycles. The highest BCUT2D eigenvalue weighted by molar-refractivity contribution is 7.26. The zero-order valence-electron chi connectivity index (χ0n) is 13.9. The number of nitrogens with zero attached hydrogens (tertiary/aromatic N) is 2. The minimum Gasteiger partial charge on any atom is -0.376 e. The number of fused-ring (bicyclic) bond motifs is 3. The number of hydrogen-bond donors (Lipinski definition) is 1. The molecule has 3 heterocycles. The number of rotatable bonds is 4. The molecule has 1 atom stereocenters. The van der Waals surface area contributed by atoms with Gasteiger partial charge >= 0.3 is 0 Å². The van der Waals surface area contributed by atoms with E-state index in [2.05, 4.69) is 10.4 Å². The lowest BCUT2D eigenvalue weighted by molar-refractivity contribution is -0.122. The molecular formula is C18H19N3O3S. The van der Waals surface area contributed by atoms with Crippen LogP contribution >= 0.6 is 11.3 Å². The van der Waals surface area contributed by atoms with Crippen molar-refractivity contribution in [2.45, 2.75) is 32.4 Å². The SMILES string of the molecule is Cc1nn(CC(=O)NCC2CCCO2)c(=O)c2c1sc1ccccc12. The van der Waals surface area contributed by atoms with Gasteiger partial charge in [0.15, 0.2) is 0 Å². The van der Waals surface area contributed by atoms with Crippen molar-refractivity contribution in [3.05, 3.63) is 40.3 Å². The Morgan fingerprint density at radius 1 is 1.44 bits per heavy atom. The van der Waals surface area contributed by atoms with Crippen LogP contribution in [0.2, 0.25) is 0 Å². The van der Waals surface area contributed by atoms with Crippen molar-refractivity contribution < 1.29 is 9.53 Å². The van der Waals surface area contributed by atoms with Crippen LogP contribution in [0.15, 0.2) is 29.1 Å². The fraction of sp³-hybridized carbons (Fsp3) is 0.389. The van der Waals surface area contributed by atoms with Gasteiger partial charge in [0.2, 0.25) is 5.91 Å². The number of carbonyl (C=O) groups excluding carboxylic acids is 1. The van der Waals surface area contributed by atoms with Crippen LogP contribution in [0.3, 0.4) is 0 Å². The molecule has 1 fully saturated rings. The van der Waals surface area contributed by atoms with Gasteiger partial charge in [-0.2, -0.15) is 5.10 Å². The summed E-state index contributed by atoms with van der Waals surface area (Å²) in [5.41, 5.74) is 0.549. The molecule has 0 spiro atoms. The maximum absolute atomic E-state index is 12.9. The van der Waals surface area contributed by atoms with Gasteiger partial charge in [0.25, 0.3) is 5.56 Å². The summed E-state index contributed by atoms with van der Waals surface area (Å²) in [6.07, 6.45) is 2.08. The van der Waals surface area contributed by atoms with Crippen molar-refractivity contribution in [2.75, 3.05) is 13.2 Å². The molecule has 2 aromatic heterocycles. The summed E-state index contributed by atoms with van der Waals surface area (Å²) in [5, 5.41) is 8.75. The van der Waals surface area contributed by atoms with Gasteiger partial charge in [-0.05, 0) is 25.8 Å². The van der Waals surface area contributed by atoms with Gasteiger partial charge in [-0.15, -0.1) is 11.3 Å². The first-order chi connectivity index (χ1) is 12.1. The highest BCUT2D eigenvalue weighted by atomic mass is 32.1. The Hall–Kier alpha value is -2.25. The van der Waals surface area contributed by atoms with E-state index in [0.29, 0.717) is 11.9 Å². The summed E-state index contributed by atoms with van der Waals surface area (Å²) in [7, 11) is 0. The van der Waals surface area contributed by atoms with Crippen LogP contribution in [0.25, 0.3) is 20.2 Å². The zero-order chi connectivity index (χ0) is 17.4. The molecule has 1 unspecified atom stereocenters. The molecule has 0 aliphatic carbocycles. The average Bonchev–Trinajstić information content (AvgIpc) is 3.25. The zero-order valence-corrected chi connectivity index (χ0v) is 14.8. The third-order valence-electron chi connectivity index (χ3n) is 4.49. The van der Waals surface area contributed by atoms with E-state index < -0.39 is 0 Å². The molecule has 4 rings (SSSR count). The van der Waals surface area contributed by atoms with E-state index >= 15 is 0 Å². The van der Waals surface area contributed by atoms with Crippen LogP contribution < -0.4 is 10.9 Å². The summed E-state index contributed by atoms with van der Waals surface area (Å²) in [6.45, 7) is 3.03. The van der Waals surface area contributed by atoms with Gasteiger partial charge in [-0.3, -0.25) is 9.59 Å². The summed E-state index contributed by atoms with van der Waals surface area (Å²) in [5.74, 6) is -0.219. The number of hydrogen-bond acceptors (Lipinski definition) is 5. The summed E-state index contributed by atoms with van der Waals surface area (Å²) < 4.78 is 8.71. The first-order valence-electron chi connectivity index (χ1n) is 8.41. The fourth-order valence-corrected chi connectivity index (χ4v) is 4.38. The molecule has 7 heteroatoms. The van der Waals surface area contributed by atoms with Crippen molar-refractivity contribution in [1.82, 2.24) is 15.1 Å². The van der Waals surface area contributed by atoms with E-state index in [0.717, 1.165) is 39.9 Å². The van der Waals surface area contributed by atoms with Crippen molar-refractivity contribution in [1.29, 1.82) is 0 Å². The Balaban J connectivity index is 1.63. The lowest BCUT2D eigenvalue weighted by atomic mass is 10.2. The quantitative estimate of drug-likeness (QED) is 0.777. The maximum atomic E-state index is 12.9. The van der Waals surface area contributed by atoms with Gasteiger partial charge in [-0.25, -0.2) is 4.68 Å². The monoisotopic (exact) mass is 357 g/mol. The predicted molar refractivity (Wildman–Crippen MR) is 98.1 cm³/mol. The van der Waals surface area contributed by atoms with Crippen LogP contribution in [0.5, 0.6) is 0 Å². The maximum Gasteiger partial charge on any atom is 0.276 e. The van der Waals surface area contributed by atoms with Crippen LogP contribution in [0.1, 0.15) is 18.5 Å². The number of nitrogens with one attached hydrogen (secondary N) is 1. The van der Waals surface area contributed by atoms with Crippen LogP contribution in [-0.2, 0) is 16.1 Å². The molecule has 3 aromatic rings. The van der Waals surface area contributed by atoms with E-state index in [9.17, 15) is 9.59 Å². The van der Waals surface area contributed by atoms with Crippen LogP contribution in [0, 0.1) is 6.92 Å². The van der Waals surface area contributed by atoms with Crippen molar-refractivity contribution >= 4 is 37.4 Å². The van der Waals surface area contributed by atoms with E-state index in [1.54, 1.807) is 11.3 Å².